The molecule has 0 atom stereocenters. The van der Waals surface area contributed by atoms with Crippen LogP contribution in [0.25, 0.3) is 10.8 Å². The first kappa shape index (κ1) is 22.1. The van der Waals surface area contributed by atoms with Crippen molar-refractivity contribution in [3.8, 4) is 0 Å². The average Bonchev–Trinajstić information content (AvgIpc) is 2.73. The average molecular weight is 460 g/mol. The van der Waals surface area contributed by atoms with Gasteiger partial charge in [0.2, 0.25) is 11.7 Å². The number of carbonyl (C=O) groups excluding carboxylic acids is 2. The highest BCUT2D eigenvalue weighted by atomic mass is 32.2. The number of hydrogen-bond acceptors (Lipinski definition) is 5. The van der Waals surface area contributed by atoms with E-state index in [1.807, 2.05) is 0 Å². The molecule has 0 aliphatic rings. The highest BCUT2D eigenvalue weighted by Gasteiger charge is 2.35. The molecule has 0 spiro atoms. The van der Waals surface area contributed by atoms with Crippen molar-refractivity contribution in [2.45, 2.75) is 4.90 Å². The van der Waals surface area contributed by atoms with E-state index in [1.54, 1.807) is 12.1 Å². The molecule has 31 heavy (non-hydrogen) atoms. The summed E-state index contributed by atoms with van der Waals surface area (Å²) < 4.78 is 95.1. The molecular formula is C18H9F5N2O5S. The topological polar surface area (TPSA) is 116 Å². The maximum absolute atomic E-state index is 13.7. The van der Waals surface area contributed by atoms with Gasteiger partial charge in [0.15, 0.2) is 28.2 Å². The quantitative estimate of drug-likeness (QED) is 0.263. The summed E-state index contributed by atoms with van der Waals surface area (Å²) >= 11 is 0. The van der Waals surface area contributed by atoms with Crippen molar-refractivity contribution >= 4 is 32.7 Å². The molecule has 0 saturated heterocycles. The maximum atomic E-state index is 13.7. The minimum absolute atomic E-state index is 0.227. The van der Waals surface area contributed by atoms with Crippen LogP contribution in [0.2, 0.25) is 0 Å². The Balaban J connectivity index is 1.98. The molecule has 162 valence electrons. The summed E-state index contributed by atoms with van der Waals surface area (Å²) in [5, 5.41) is 0.730. The number of amides is 2. The Morgan fingerprint density at radius 1 is 0.839 bits per heavy atom. The molecule has 0 fully saturated rings. The molecule has 0 aliphatic carbocycles. The van der Waals surface area contributed by atoms with Crippen molar-refractivity contribution in [2.75, 3.05) is 0 Å². The number of benzene rings is 3. The van der Waals surface area contributed by atoms with E-state index < -0.39 is 61.5 Å². The Morgan fingerprint density at radius 3 is 1.97 bits per heavy atom. The largest absolute Gasteiger partial charge is 0.366 e. The predicted octanol–water partition coefficient (Wildman–Crippen LogP) is 2.68. The van der Waals surface area contributed by atoms with E-state index >= 15 is 0 Å². The summed E-state index contributed by atoms with van der Waals surface area (Å²) in [7, 11) is -5.71. The van der Waals surface area contributed by atoms with Crippen LogP contribution >= 0.6 is 0 Å². The van der Waals surface area contributed by atoms with Crippen LogP contribution in [0.15, 0.2) is 41.3 Å². The fraction of sp³-hybridized carbons (Fsp3) is 0. The summed E-state index contributed by atoms with van der Waals surface area (Å²) in [6, 6.07) is 8.67. The number of fused-ring (bicyclic) bond motifs is 1. The zero-order valence-electron chi connectivity index (χ0n) is 14.9. The zero-order chi connectivity index (χ0) is 23.1. The van der Waals surface area contributed by atoms with E-state index in [9.17, 15) is 40.0 Å². The van der Waals surface area contributed by atoms with Gasteiger partial charge >= 0.3 is 10.1 Å². The van der Waals surface area contributed by atoms with Gasteiger partial charge in [0.05, 0.1) is 11.1 Å². The van der Waals surface area contributed by atoms with Gasteiger partial charge in [-0.2, -0.15) is 8.42 Å². The SMILES string of the molecule is NC(=O)c1c(C(=O)NOS(=O)(=O)c2c(F)c(F)c(F)c(F)c2F)ccc2ccccc12. The maximum Gasteiger partial charge on any atom is 0.323 e. The number of hydroxylamine groups is 1. The molecule has 13 heteroatoms. The molecule has 3 aromatic carbocycles. The van der Waals surface area contributed by atoms with Crippen LogP contribution in [-0.4, -0.2) is 20.2 Å². The van der Waals surface area contributed by atoms with Crippen LogP contribution in [-0.2, 0) is 14.4 Å². The van der Waals surface area contributed by atoms with E-state index in [0.717, 1.165) is 6.07 Å². The smallest absolute Gasteiger partial charge is 0.323 e. The molecule has 0 heterocycles. The van der Waals surface area contributed by atoms with Gasteiger partial charge in [-0.25, -0.2) is 27.4 Å². The van der Waals surface area contributed by atoms with Gasteiger partial charge in [-0.3, -0.25) is 9.59 Å². The van der Waals surface area contributed by atoms with Crippen molar-refractivity contribution in [3.63, 3.8) is 0 Å². The Labute approximate surface area is 170 Å². The summed E-state index contributed by atoms with van der Waals surface area (Å²) in [5.41, 5.74) is 5.78. The van der Waals surface area contributed by atoms with E-state index in [-0.39, 0.29) is 10.9 Å². The zero-order valence-corrected chi connectivity index (χ0v) is 15.7. The number of rotatable bonds is 5. The Hall–Kier alpha value is -3.58. The number of carbonyl (C=O) groups is 2. The summed E-state index contributed by atoms with van der Waals surface area (Å²) in [5.74, 6) is -15.5. The first-order valence-corrected chi connectivity index (χ1v) is 9.45. The molecule has 3 rings (SSSR count). The van der Waals surface area contributed by atoms with Crippen molar-refractivity contribution in [1.82, 2.24) is 5.48 Å². The predicted molar refractivity (Wildman–Crippen MR) is 94.4 cm³/mol. The van der Waals surface area contributed by atoms with Gasteiger partial charge in [-0.15, -0.1) is 4.28 Å². The lowest BCUT2D eigenvalue weighted by atomic mass is 9.98. The van der Waals surface area contributed by atoms with E-state index in [1.165, 1.54) is 23.7 Å². The summed E-state index contributed by atoms with van der Waals surface area (Å²) in [6.07, 6.45) is 0. The molecule has 0 aromatic heterocycles. The molecule has 0 unspecified atom stereocenters. The second kappa shape index (κ2) is 7.92. The molecule has 2 amide bonds. The standard InChI is InChI=1S/C18H9F5N2O5S/c19-11-12(20)14(22)16(15(23)13(11)21)31(28,29)30-25-18(27)9-6-5-7-3-1-2-4-8(7)10(9)17(24)26/h1-6H,(H2,24,26)(H,25,27). The number of primary amides is 1. The molecule has 7 nitrogen and oxygen atoms in total. The first-order chi connectivity index (χ1) is 14.5. The second-order valence-electron chi connectivity index (χ2n) is 5.94. The molecule has 0 radical (unpaired) electrons. The van der Waals surface area contributed by atoms with Crippen molar-refractivity contribution in [3.05, 3.63) is 76.6 Å². The first-order valence-electron chi connectivity index (χ1n) is 8.04. The third-order valence-corrected chi connectivity index (χ3v) is 5.24. The Bertz CT molecular complexity index is 1330. The summed E-state index contributed by atoms with van der Waals surface area (Å²) in [4.78, 5) is 21.9. The van der Waals surface area contributed by atoms with Crippen LogP contribution in [0.1, 0.15) is 20.7 Å². The third kappa shape index (κ3) is 3.80. The van der Waals surface area contributed by atoms with Gasteiger partial charge in [-0.1, -0.05) is 30.3 Å². The highest BCUT2D eigenvalue weighted by Crippen LogP contribution is 2.28. The van der Waals surface area contributed by atoms with Crippen LogP contribution in [0.4, 0.5) is 22.0 Å². The number of halogens is 5. The lowest BCUT2D eigenvalue weighted by Gasteiger charge is -2.12. The van der Waals surface area contributed by atoms with Crippen molar-refractivity contribution in [1.29, 1.82) is 0 Å². The van der Waals surface area contributed by atoms with Gasteiger partial charge in [0.1, 0.15) is 0 Å². The van der Waals surface area contributed by atoms with Crippen LogP contribution in [0, 0.1) is 29.1 Å². The van der Waals surface area contributed by atoms with Crippen LogP contribution < -0.4 is 11.2 Å². The Kier molecular flexibility index (Phi) is 5.65. The molecule has 0 saturated carbocycles. The fourth-order valence-electron chi connectivity index (χ4n) is 2.72. The molecule has 0 bridgehead atoms. The summed E-state index contributed by atoms with van der Waals surface area (Å²) in [6.45, 7) is 0. The number of hydrogen-bond donors (Lipinski definition) is 2. The minimum Gasteiger partial charge on any atom is -0.366 e. The second-order valence-corrected chi connectivity index (χ2v) is 7.42. The van der Waals surface area contributed by atoms with Crippen LogP contribution in [0.5, 0.6) is 0 Å². The van der Waals surface area contributed by atoms with E-state index in [0.29, 0.717) is 5.39 Å². The molecule has 0 aliphatic heterocycles. The monoisotopic (exact) mass is 460 g/mol. The van der Waals surface area contributed by atoms with Gasteiger partial charge in [0, 0.05) is 0 Å². The van der Waals surface area contributed by atoms with Gasteiger partial charge < -0.3 is 5.73 Å². The van der Waals surface area contributed by atoms with Gasteiger partial charge in [0.25, 0.3) is 5.91 Å². The third-order valence-electron chi connectivity index (χ3n) is 4.08. The van der Waals surface area contributed by atoms with Gasteiger partial charge in [-0.05, 0) is 16.8 Å². The van der Waals surface area contributed by atoms with E-state index in [4.69, 9.17) is 5.73 Å². The molecular weight excluding hydrogens is 451 g/mol. The van der Waals surface area contributed by atoms with Crippen LogP contribution in [0.3, 0.4) is 0 Å². The minimum atomic E-state index is -5.71. The molecule has 3 aromatic rings. The lowest BCUT2D eigenvalue weighted by Crippen LogP contribution is -2.30. The fourth-order valence-corrected chi connectivity index (χ4v) is 3.61. The van der Waals surface area contributed by atoms with E-state index in [2.05, 4.69) is 4.28 Å². The van der Waals surface area contributed by atoms with Crippen molar-refractivity contribution in [2.24, 2.45) is 5.73 Å². The number of nitrogens with one attached hydrogen (secondary N) is 1. The number of nitrogens with two attached hydrogens (primary N) is 1. The highest BCUT2D eigenvalue weighted by molar-refractivity contribution is 7.86. The lowest BCUT2D eigenvalue weighted by molar-refractivity contribution is 0.0764. The molecule has 3 N–H and O–H groups in total. The Morgan fingerprint density at radius 2 is 1.39 bits per heavy atom. The van der Waals surface area contributed by atoms with Crippen molar-refractivity contribution < 1.29 is 44.2 Å². The normalized spacial score (nSPS) is 11.5.